The van der Waals surface area contributed by atoms with Crippen LogP contribution in [-0.2, 0) is 35.1 Å². The van der Waals surface area contributed by atoms with Crippen LogP contribution >= 0.6 is 0 Å². The molecule has 2 rings (SSSR count). The van der Waals surface area contributed by atoms with Crippen LogP contribution in [-0.4, -0.2) is 45.9 Å². The van der Waals surface area contributed by atoms with E-state index in [1.807, 2.05) is 30.3 Å². The van der Waals surface area contributed by atoms with E-state index >= 15 is 0 Å². The smallest absolute Gasteiger partial charge is 0.264 e. The Balaban J connectivity index is 1.86. The summed E-state index contributed by atoms with van der Waals surface area (Å²) in [4.78, 5) is 0. The molecule has 0 aliphatic carbocycles. The van der Waals surface area contributed by atoms with E-state index in [-0.39, 0.29) is 12.7 Å². The number of benzene rings is 1. The van der Waals surface area contributed by atoms with Crippen molar-refractivity contribution in [2.24, 2.45) is 0 Å². The fourth-order valence-electron chi connectivity index (χ4n) is 2.25. The highest BCUT2D eigenvalue weighted by atomic mass is 32.2. The Morgan fingerprint density at radius 2 is 1.68 bits per heavy atom. The summed E-state index contributed by atoms with van der Waals surface area (Å²) in [5.74, 6) is -0.785. The predicted octanol–water partition coefficient (Wildman–Crippen LogP) is 1.70. The molecule has 0 aromatic heterocycles. The zero-order valence-corrected chi connectivity index (χ0v) is 13.8. The normalized spacial score (nSPS) is 24.5. The maximum absolute atomic E-state index is 11.1. The van der Waals surface area contributed by atoms with Crippen molar-refractivity contribution < 1.29 is 26.8 Å². The van der Waals surface area contributed by atoms with Crippen LogP contribution in [0.25, 0.3) is 0 Å². The highest BCUT2D eigenvalue weighted by molar-refractivity contribution is 7.85. The number of rotatable bonds is 7. The SMILES string of the molecule is CC1(C)OC(COCc2ccccc2)C(COS(C)(=O)=O)O1. The Bertz CT molecular complexity index is 569. The highest BCUT2D eigenvalue weighted by Crippen LogP contribution is 2.29. The molecular formula is C15H22O6S. The summed E-state index contributed by atoms with van der Waals surface area (Å²) in [5, 5.41) is 0. The third-order valence-electron chi connectivity index (χ3n) is 3.13. The van der Waals surface area contributed by atoms with E-state index in [0.29, 0.717) is 13.2 Å². The van der Waals surface area contributed by atoms with E-state index < -0.39 is 22.0 Å². The van der Waals surface area contributed by atoms with Crippen molar-refractivity contribution in [3.05, 3.63) is 35.9 Å². The van der Waals surface area contributed by atoms with Crippen molar-refractivity contribution in [1.82, 2.24) is 0 Å². The minimum absolute atomic E-state index is 0.0817. The molecule has 1 saturated heterocycles. The van der Waals surface area contributed by atoms with Gasteiger partial charge in [-0.2, -0.15) is 8.42 Å². The maximum atomic E-state index is 11.1. The summed E-state index contributed by atoms with van der Waals surface area (Å²) >= 11 is 0. The van der Waals surface area contributed by atoms with Gasteiger partial charge in [0.2, 0.25) is 0 Å². The number of ether oxygens (including phenoxy) is 3. The van der Waals surface area contributed by atoms with Gasteiger partial charge in [0, 0.05) is 0 Å². The van der Waals surface area contributed by atoms with Crippen LogP contribution < -0.4 is 0 Å². The first kappa shape index (κ1) is 17.4. The molecule has 0 N–H and O–H groups in total. The Morgan fingerprint density at radius 3 is 2.27 bits per heavy atom. The second kappa shape index (κ2) is 7.06. The van der Waals surface area contributed by atoms with E-state index in [0.717, 1.165) is 11.8 Å². The Kier molecular flexibility index (Phi) is 5.57. The largest absolute Gasteiger partial charge is 0.374 e. The lowest BCUT2D eigenvalue weighted by atomic mass is 10.2. The summed E-state index contributed by atoms with van der Waals surface area (Å²) < 4.78 is 44.1. The fourth-order valence-corrected chi connectivity index (χ4v) is 2.63. The standard InChI is InChI=1S/C15H22O6S/c1-15(2)20-13(14(21-15)11-19-22(3,16)17)10-18-9-12-7-5-4-6-8-12/h4-8,13-14H,9-11H2,1-3H3. The Morgan fingerprint density at radius 1 is 1.09 bits per heavy atom. The molecule has 2 unspecified atom stereocenters. The maximum Gasteiger partial charge on any atom is 0.264 e. The molecule has 1 aromatic rings. The van der Waals surface area contributed by atoms with Crippen molar-refractivity contribution in [1.29, 1.82) is 0 Å². The van der Waals surface area contributed by atoms with Gasteiger partial charge in [0.25, 0.3) is 10.1 Å². The molecule has 1 aliphatic rings. The molecule has 1 aliphatic heterocycles. The van der Waals surface area contributed by atoms with Crippen molar-refractivity contribution in [2.45, 2.75) is 38.4 Å². The zero-order chi connectivity index (χ0) is 16.2. The lowest BCUT2D eigenvalue weighted by molar-refractivity contribution is -0.152. The van der Waals surface area contributed by atoms with Gasteiger partial charge in [-0.3, -0.25) is 4.18 Å². The summed E-state index contributed by atoms with van der Waals surface area (Å²) in [5.41, 5.74) is 1.06. The topological polar surface area (TPSA) is 71.1 Å². The molecule has 6 nitrogen and oxygen atoms in total. The van der Waals surface area contributed by atoms with Gasteiger partial charge >= 0.3 is 0 Å². The zero-order valence-electron chi connectivity index (χ0n) is 13.0. The third kappa shape index (κ3) is 5.66. The molecule has 0 radical (unpaired) electrons. The van der Waals surface area contributed by atoms with Crippen molar-refractivity contribution in [3.8, 4) is 0 Å². The summed E-state index contributed by atoms with van der Waals surface area (Å²) in [6, 6.07) is 9.78. The molecule has 2 atom stereocenters. The molecule has 7 heteroatoms. The van der Waals surface area contributed by atoms with Gasteiger partial charge in [0.1, 0.15) is 12.2 Å². The number of hydrogen-bond donors (Lipinski definition) is 0. The van der Waals surface area contributed by atoms with Gasteiger partial charge < -0.3 is 14.2 Å². The van der Waals surface area contributed by atoms with Crippen LogP contribution in [0.1, 0.15) is 19.4 Å². The minimum Gasteiger partial charge on any atom is -0.374 e. The lowest BCUT2D eigenvalue weighted by Crippen LogP contribution is -2.32. The molecule has 1 heterocycles. The summed E-state index contributed by atoms with van der Waals surface area (Å²) in [6.45, 7) is 4.23. The van der Waals surface area contributed by atoms with Crippen molar-refractivity contribution >= 4 is 10.1 Å². The third-order valence-corrected chi connectivity index (χ3v) is 3.69. The fraction of sp³-hybridized carbons (Fsp3) is 0.600. The van der Waals surface area contributed by atoms with Gasteiger partial charge in [0.15, 0.2) is 5.79 Å². The lowest BCUT2D eigenvalue weighted by Gasteiger charge is -2.16. The molecule has 124 valence electrons. The van der Waals surface area contributed by atoms with Crippen LogP contribution in [0.3, 0.4) is 0 Å². The van der Waals surface area contributed by atoms with E-state index in [1.165, 1.54) is 0 Å². The summed E-state index contributed by atoms with van der Waals surface area (Å²) in [6.07, 6.45) is 0.149. The van der Waals surface area contributed by atoms with Crippen LogP contribution in [0.15, 0.2) is 30.3 Å². The van der Waals surface area contributed by atoms with Gasteiger partial charge in [-0.1, -0.05) is 30.3 Å². The molecule has 1 aromatic carbocycles. The van der Waals surface area contributed by atoms with E-state index in [2.05, 4.69) is 0 Å². The first-order valence-electron chi connectivity index (χ1n) is 7.07. The molecule has 0 amide bonds. The average molecular weight is 330 g/mol. The average Bonchev–Trinajstić information content (AvgIpc) is 2.71. The number of hydrogen-bond acceptors (Lipinski definition) is 6. The molecule has 0 spiro atoms. The van der Waals surface area contributed by atoms with Gasteiger partial charge in [-0.15, -0.1) is 0 Å². The minimum atomic E-state index is -3.51. The Hall–Kier alpha value is -0.990. The van der Waals surface area contributed by atoms with E-state index in [1.54, 1.807) is 13.8 Å². The van der Waals surface area contributed by atoms with E-state index in [9.17, 15) is 8.42 Å². The molecule has 0 bridgehead atoms. The van der Waals surface area contributed by atoms with Gasteiger partial charge in [-0.05, 0) is 19.4 Å². The molecule has 0 saturated carbocycles. The predicted molar refractivity (Wildman–Crippen MR) is 80.7 cm³/mol. The first-order chi connectivity index (χ1) is 10.3. The molecular weight excluding hydrogens is 308 g/mol. The second-order valence-electron chi connectivity index (χ2n) is 5.70. The van der Waals surface area contributed by atoms with Crippen molar-refractivity contribution in [2.75, 3.05) is 19.5 Å². The van der Waals surface area contributed by atoms with Crippen LogP contribution in [0.4, 0.5) is 0 Å². The quantitative estimate of drug-likeness (QED) is 0.709. The summed E-state index contributed by atoms with van der Waals surface area (Å²) in [7, 11) is -3.51. The monoisotopic (exact) mass is 330 g/mol. The Labute approximate surface area is 131 Å². The van der Waals surface area contributed by atoms with Crippen molar-refractivity contribution in [3.63, 3.8) is 0 Å². The van der Waals surface area contributed by atoms with Gasteiger partial charge in [0.05, 0.1) is 26.1 Å². The van der Waals surface area contributed by atoms with E-state index in [4.69, 9.17) is 18.4 Å². The molecule has 1 fully saturated rings. The second-order valence-corrected chi connectivity index (χ2v) is 7.35. The van der Waals surface area contributed by atoms with Crippen LogP contribution in [0.2, 0.25) is 0 Å². The molecule has 22 heavy (non-hydrogen) atoms. The van der Waals surface area contributed by atoms with Crippen LogP contribution in [0, 0.1) is 0 Å². The first-order valence-corrected chi connectivity index (χ1v) is 8.88. The van der Waals surface area contributed by atoms with Gasteiger partial charge in [-0.25, -0.2) is 0 Å². The van der Waals surface area contributed by atoms with Crippen LogP contribution in [0.5, 0.6) is 0 Å². The highest BCUT2D eigenvalue weighted by Gasteiger charge is 2.41.